The lowest BCUT2D eigenvalue weighted by Gasteiger charge is -2.09. The highest BCUT2D eigenvalue weighted by atomic mass is 19.4. The zero-order chi connectivity index (χ0) is 19.2. The molecule has 26 heavy (non-hydrogen) atoms. The van der Waals surface area contributed by atoms with Crippen LogP contribution in [0, 0.1) is 0 Å². The van der Waals surface area contributed by atoms with E-state index in [9.17, 15) is 22.8 Å². The van der Waals surface area contributed by atoms with Gasteiger partial charge in [-0.1, -0.05) is 24.3 Å². The van der Waals surface area contributed by atoms with Crippen molar-refractivity contribution in [1.82, 2.24) is 0 Å². The standard InChI is InChI=1S/C19H16F3NO3/c1-2-26-18(25)15-8-3-4-9-16(15)23-17(24)11-10-13-6-5-7-14(12-13)19(20,21)22/h3-12H,2H2,1H3,(H,23,24)/b11-10+. The van der Waals surface area contributed by atoms with Crippen LogP contribution < -0.4 is 5.32 Å². The monoisotopic (exact) mass is 363 g/mol. The van der Waals surface area contributed by atoms with Gasteiger partial charge in [-0.05, 0) is 42.8 Å². The second-order valence-electron chi connectivity index (χ2n) is 5.21. The van der Waals surface area contributed by atoms with Gasteiger partial charge in [0.2, 0.25) is 5.91 Å². The molecule has 1 N–H and O–H groups in total. The molecule has 0 unspecified atom stereocenters. The molecule has 0 heterocycles. The summed E-state index contributed by atoms with van der Waals surface area (Å²) in [6, 6.07) is 10.9. The summed E-state index contributed by atoms with van der Waals surface area (Å²) in [5, 5.41) is 2.52. The number of halogens is 3. The minimum absolute atomic E-state index is 0.190. The van der Waals surface area contributed by atoms with Gasteiger partial charge in [0, 0.05) is 6.08 Å². The van der Waals surface area contributed by atoms with E-state index in [1.807, 2.05) is 0 Å². The van der Waals surface area contributed by atoms with E-state index >= 15 is 0 Å². The van der Waals surface area contributed by atoms with Crippen molar-refractivity contribution in [3.05, 3.63) is 71.3 Å². The third-order valence-electron chi connectivity index (χ3n) is 3.32. The Morgan fingerprint density at radius 3 is 2.54 bits per heavy atom. The molecule has 2 rings (SSSR count). The van der Waals surface area contributed by atoms with Crippen LogP contribution in [0.2, 0.25) is 0 Å². The van der Waals surface area contributed by atoms with Gasteiger partial charge in [-0.25, -0.2) is 4.79 Å². The minimum atomic E-state index is -4.45. The molecule has 0 saturated carbocycles. The number of benzene rings is 2. The molecule has 0 aliphatic heterocycles. The Labute approximate surface area is 148 Å². The van der Waals surface area contributed by atoms with E-state index < -0.39 is 23.6 Å². The van der Waals surface area contributed by atoms with Crippen LogP contribution in [-0.4, -0.2) is 18.5 Å². The number of para-hydroxylation sites is 1. The summed E-state index contributed by atoms with van der Waals surface area (Å²) in [5.41, 5.74) is -0.124. The fourth-order valence-electron chi connectivity index (χ4n) is 2.14. The SMILES string of the molecule is CCOC(=O)c1ccccc1NC(=O)/C=C/c1cccc(C(F)(F)F)c1. The number of anilines is 1. The van der Waals surface area contributed by atoms with Crippen molar-refractivity contribution in [3.63, 3.8) is 0 Å². The van der Waals surface area contributed by atoms with Crippen molar-refractivity contribution in [2.75, 3.05) is 11.9 Å². The first-order chi connectivity index (χ1) is 12.3. The fraction of sp³-hybridized carbons (Fsp3) is 0.158. The maximum Gasteiger partial charge on any atom is 0.416 e. The molecular formula is C19H16F3NO3. The minimum Gasteiger partial charge on any atom is -0.462 e. The third kappa shape index (κ3) is 5.20. The van der Waals surface area contributed by atoms with Crippen molar-refractivity contribution < 1.29 is 27.5 Å². The van der Waals surface area contributed by atoms with E-state index in [0.717, 1.165) is 18.2 Å². The number of rotatable bonds is 5. The Morgan fingerprint density at radius 2 is 1.85 bits per heavy atom. The molecule has 0 bridgehead atoms. The van der Waals surface area contributed by atoms with E-state index in [1.165, 1.54) is 30.3 Å². The molecule has 0 aromatic heterocycles. The Morgan fingerprint density at radius 1 is 1.12 bits per heavy atom. The van der Waals surface area contributed by atoms with Crippen molar-refractivity contribution >= 4 is 23.6 Å². The van der Waals surface area contributed by atoms with Gasteiger partial charge < -0.3 is 10.1 Å². The predicted molar refractivity (Wildman–Crippen MR) is 91.5 cm³/mol. The van der Waals surface area contributed by atoms with Gasteiger partial charge in [0.1, 0.15) is 0 Å². The first-order valence-electron chi connectivity index (χ1n) is 7.73. The molecule has 136 valence electrons. The van der Waals surface area contributed by atoms with Crippen molar-refractivity contribution in [2.45, 2.75) is 13.1 Å². The average molecular weight is 363 g/mol. The lowest BCUT2D eigenvalue weighted by atomic mass is 10.1. The molecule has 0 atom stereocenters. The molecule has 0 fully saturated rings. The number of ether oxygens (including phenoxy) is 1. The number of hydrogen-bond donors (Lipinski definition) is 1. The normalized spacial score (nSPS) is 11.4. The Hall–Kier alpha value is -3.09. The molecule has 2 aromatic carbocycles. The Kier molecular flexibility index (Phi) is 6.16. The second kappa shape index (κ2) is 8.33. The highest BCUT2D eigenvalue weighted by Gasteiger charge is 2.30. The van der Waals surface area contributed by atoms with E-state index in [4.69, 9.17) is 4.74 Å². The molecule has 2 aromatic rings. The summed E-state index contributed by atoms with van der Waals surface area (Å²) in [5.74, 6) is -1.16. The maximum atomic E-state index is 12.7. The molecule has 0 radical (unpaired) electrons. The van der Waals surface area contributed by atoms with E-state index in [1.54, 1.807) is 19.1 Å². The Bertz CT molecular complexity index is 829. The number of hydrogen-bond acceptors (Lipinski definition) is 3. The number of carbonyl (C=O) groups excluding carboxylic acids is 2. The van der Waals surface area contributed by atoms with Crippen LogP contribution in [0.4, 0.5) is 18.9 Å². The fourth-order valence-corrected chi connectivity index (χ4v) is 2.14. The zero-order valence-electron chi connectivity index (χ0n) is 13.8. The summed E-state index contributed by atoms with van der Waals surface area (Å²) in [6.07, 6.45) is -2.10. The average Bonchev–Trinajstić information content (AvgIpc) is 2.60. The number of esters is 1. The van der Waals surface area contributed by atoms with Crippen LogP contribution >= 0.6 is 0 Å². The van der Waals surface area contributed by atoms with E-state index in [2.05, 4.69) is 5.32 Å². The van der Waals surface area contributed by atoms with Crippen LogP contribution in [-0.2, 0) is 15.7 Å². The molecule has 1 amide bonds. The van der Waals surface area contributed by atoms with E-state index in [-0.39, 0.29) is 23.4 Å². The summed E-state index contributed by atoms with van der Waals surface area (Å²) in [6.45, 7) is 1.85. The molecule has 0 saturated heterocycles. The van der Waals surface area contributed by atoms with Gasteiger partial charge in [-0.2, -0.15) is 13.2 Å². The van der Waals surface area contributed by atoms with E-state index in [0.29, 0.717) is 0 Å². The number of amides is 1. The first kappa shape index (κ1) is 19.2. The van der Waals surface area contributed by atoms with Crippen LogP contribution in [0.5, 0.6) is 0 Å². The zero-order valence-corrected chi connectivity index (χ0v) is 13.8. The predicted octanol–water partition coefficient (Wildman–Crippen LogP) is 4.53. The summed E-state index contributed by atoms with van der Waals surface area (Å²) in [7, 11) is 0. The van der Waals surface area contributed by atoms with Gasteiger partial charge in [0.15, 0.2) is 0 Å². The highest BCUT2D eigenvalue weighted by Crippen LogP contribution is 2.29. The van der Waals surface area contributed by atoms with Gasteiger partial charge >= 0.3 is 12.1 Å². The maximum absolute atomic E-state index is 12.7. The lowest BCUT2D eigenvalue weighted by Crippen LogP contribution is -2.13. The quantitative estimate of drug-likeness (QED) is 0.627. The molecule has 0 aliphatic carbocycles. The van der Waals surface area contributed by atoms with Crippen LogP contribution in [0.1, 0.15) is 28.4 Å². The smallest absolute Gasteiger partial charge is 0.416 e. The number of carbonyl (C=O) groups is 2. The van der Waals surface area contributed by atoms with Crippen LogP contribution in [0.15, 0.2) is 54.6 Å². The van der Waals surface area contributed by atoms with Crippen LogP contribution in [0.3, 0.4) is 0 Å². The van der Waals surface area contributed by atoms with Crippen LogP contribution in [0.25, 0.3) is 6.08 Å². The van der Waals surface area contributed by atoms with Gasteiger partial charge in [0.05, 0.1) is 23.4 Å². The molecule has 7 heteroatoms. The largest absolute Gasteiger partial charge is 0.462 e. The molecule has 0 spiro atoms. The summed E-state index contributed by atoms with van der Waals surface area (Å²) >= 11 is 0. The lowest BCUT2D eigenvalue weighted by molar-refractivity contribution is -0.137. The van der Waals surface area contributed by atoms with Gasteiger partial charge in [0.25, 0.3) is 0 Å². The summed E-state index contributed by atoms with van der Waals surface area (Å²) < 4.78 is 43.0. The second-order valence-corrected chi connectivity index (χ2v) is 5.21. The Balaban J connectivity index is 2.13. The van der Waals surface area contributed by atoms with Crippen molar-refractivity contribution in [1.29, 1.82) is 0 Å². The third-order valence-corrected chi connectivity index (χ3v) is 3.32. The van der Waals surface area contributed by atoms with Gasteiger partial charge in [-0.15, -0.1) is 0 Å². The first-order valence-corrected chi connectivity index (χ1v) is 7.73. The number of alkyl halides is 3. The van der Waals surface area contributed by atoms with Gasteiger partial charge in [-0.3, -0.25) is 4.79 Å². The topological polar surface area (TPSA) is 55.4 Å². The van der Waals surface area contributed by atoms with Crippen molar-refractivity contribution in [2.24, 2.45) is 0 Å². The molecule has 0 aliphatic rings. The summed E-state index contributed by atoms with van der Waals surface area (Å²) in [4.78, 5) is 23.9. The highest BCUT2D eigenvalue weighted by molar-refractivity contribution is 6.06. The molecular weight excluding hydrogens is 347 g/mol. The number of nitrogens with one attached hydrogen (secondary N) is 1. The molecule has 4 nitrogen and oxygen atoms in total. The van der Waals surface area contributed by atoms with Crippen molar-refractivity contribution in [3.8, 4) is 0 Å².